The zero-order valence-electron chi connectivity index (χ0n) is 19.0. The van der Waals surface area contributed by atoms with Crippen LogP contribution in [0.2, 0.25) is 0 Å². The molecule has 0 spiro atoms. The van der Waals surface area contributed by atoms with Crippen molar-refractivity contribution >= 4 is 5.97 Å². The van der Waals surface area contributed by atoms with Crippen LogP contribution >= 0.6 is 0 Å². The standard InChI is InChI=1S/C27H38O3/c1-4-6-7-8-9-10-11-12-23-13-15-24(16-14-23)25-17-19-26(20-18-25)27(28)30-22(3)21-29-5-2/h13-20,22H,4-12,21H2,1-3H3. The van der Waals surface area contributed by atoms with Crippen LogP contribution in [0.5, 0.6) is 0 Å². The molecular formula is C27H38O3. The highest BCUT2D eigenvalue weighted by molar-refractivity contribution is 5.90. The summed E-state index contributed by atoms with van der Waals surface area (Å²) in [7, 11) is 0. The first-order valence-corrected chi connectivity index (χ1v) is 11.6. The van der Waals surface area contributed by atoms with Gasteiger partial charge >= 0.3 is 5.97 Å². The van der Waals surface area contributed by atoms with E-state index in [1.54, 1.807) is 0 Å². The number of aryl methyl sites for hydroxylation is 1. The predicted molar refractivity (Wildman–Crippen MR) is 125 cm³/mol. The Labute approximate surface area is 182 Å². The summed E-state index contributed by atoms with van der Waals surface area (Å²) in [6.45, 7) is 7.07. The summed E-state index contributed by atoms with van der Waals surface area (Å²) in [5.74, 6) is -0.307. The highest BCUT2D eigenvalue weighted by Gasteiger charge is 2.12. The fourth-order valence-electron chi connectivity index (χ4n) is 3.52. The van der Waals surface area contributed by atoms with Gasteiger partial charge < -0.3 is 9.47 Å². The summed E-state index contributed by atoms with van der Waals surface area (Å²) in [6.07, 6.45) is 10.3. The first kappa shape index (κ1) is 24.1. The Morgan fingerprint density at radius 1 is 0.800 bits per heavy atom. The zero-order chi connectivity index (χ0) is 21.6. The van der Waals surface area contributed by atoms with Crippen LogP contribution in [0.25, 0.3) is 11.1 Å². The normalized spacial score (nSPS) is 12.0. The molecule has 0 saturated heterocycles. The van der Waals surface area contributed by atoms with Crippen LogP contribution in [-0.4, -0.2) is 25.3 Å². The molecule has 164 valence electrons. The summed E-state index contributed by atoms with van der Waals surface area (Å²) in [5.41, 5.74) is 4.24. The third-order valence-corrected chi connectivity index (χ3v) is 5.34. The molecule has 0 aliphatic rings. The van der Waals surface area contributed by atoms with Crippen LogP contribution in [0.15, 0.2) is 48.5 Å². The second kappa shape index (κ2) is 14.0. The van der Waals surface area contributed by atoms with Crippen LogP contribution in [0.4, 0.5) is 0 Å². The summed E-state index contributed by atoms with van der Waals surface area (Å²) in [4.78, 5) is 12.2. The molecule has 2 aromatic rings. The molecule has 0 heterocycles. The monoisotopic (exact) mass is 410 g/mol. The van der Waals surface area contributed by atoms with Gasteiger partial charge in [-0.15, -0.1) is 0 Å². The Morgan fingerprint density at radius 3 is 1.97 bits per heavy atom. The third kappa shape index (κ3) is 8.71. The number of carbonyl (C=O) groups excluding carboxylic acids is 1. The fourth-order valence-corrected chi connectivity index (χ4v) is 3.52. The van der Waals surface area contributed by atoms with Crippen molar-refractivity contribution in [2.75, 3.05) is 13.2 Å². The summed E-state index contributed by atoms with van der Waals surface area (Å²) in [6, 6.07) is 16.4. The second-order valence-corrected chi connectivity index (χ2v) is 8.02. The van der Waals surface area contributed by atoms with Crippen molar-refractivity contribution < 1.29 is 14.3 Å². The van der Waals surface area contributed by atoms with Crippen molar-refractivity contribution in [3.63, 3.8) is 0 Å². The molecule has 0 bridgehead atoms. The number of rotatable bonds is 14. The molecule has 0 N–H and O–H groups in total. The smallest absolute Gasteiger partial charge is 0.338 e. The van der Waals surface area contributed by atoms with Gasteiger partial charge in [0.25, 0.3) is 0 Å². The first-order valence-electron chi connectivity index (χ1n) is 11.6. The van der Waals surface area contributed by atoms with E-state index >= 15 is 0 Å². The lowest BCUT2D eigenvalue weighted by atomic mass is 10.00. The minimum atomic E-state index is -0.307. The van der Waals surface area contributed by atoms with Gasteiger partial charge in [-0.25, -0.2) is 4.79 Å². The molecule has 1 atom stereocenters. The van der Waals surface area contributed by atoms with Crippen LogP contribution < -0.4 is 0 Å². The average molecular weight is 411 g/mol. The maximum Gasteiger partial charge on any atom is 0.338 e. The number of benzene rings is 2. The van der Waals surface area contributed by atoms with Gasteiger partial charge in [0.2, 0.25) is 0 Å². The Balaban J connectivity index is 1.80. The van der Waals surface area contributed by atoms with Gasteiger partial charge in [-0.2, -0.15) is 0 Å². The lowest BCUT2D eigenvalue weighted by Gasteiger charge is -2.13. The van der Waals surface area contributed by atoms with Crippen LogP contribution in [0, 0.1) is 0 Å². The van der Waals surface area contributed by atoms with Gasteiger partial charge in [0.05, 0.1) is 12.2 Å². The van der Waals surface area contributed by atoms with Crippen LogP contribution in [-0.2, 0) is 15.9 Å². The van der Waals surface area contributed by atoms with Gasteiger partial charge in [0, 0.05) is 6.61 Å². The number of unbranched alkanes of at least 4 members (excludes halogenated alkanes) is 6. The molecule has 30 heavy (non-hydrogen) atoms. The molecular weight excluding hydrogens is 372 g/mol. The first-order chi connectivity index (χ1) is 14.6. The molecule has 0 saturated carbocycles. The summed E-state index contributed by atoms with van der Waals surface area (Å²) >= 11 is 0. The minimum absolute atomic E-state index is 0.249. The number of esters is 1. The van der Waals surface area contributed by atoms with E-state index in [0.29, 0.717) is 18.8 Å². The van der Waals surface area contributed by atoms with Gasteiger partial charge in [-0.1, -0.05) is 81.8 Å². The molecule has 3 heteroatoms. The van der Waals surface area contributed by atoms with Crippen molar-refractivity contribution in [2.24, 2.45) is 0 Å². The molecule has 0 aromatic heterocycles. The minimum Gasteiger partial charge on any atom is -0.457 e. The van der Waals surface area contributed by atoms with Gasteiger partial charge in [0.15, 0.2) is 0 Å². The van der Waals surface area contributed by atoms with E-state index in [0.717, 1.165) is 12.0 Å². The molecule has 2 rings (SSSR count). The van der Waals surface area contributed by atoms with Gasteiger partial charge in [-0.05, 0) is 55.5 Å². The molecule has 0 aliphatic carbocycles. The second-order valence-electron chi connectivity index (χ2n) is 8.02. The van der Waals surface area contributed by atoms with Gasteiger partial charge in [0.1, 0.15) is 6.10 Å². The summed E-state index contributed by atoms with van der Waals surface area (Å²) in [5, 5.41) is 0. The highest BCUT2D eigenvalue weighted by atomic mass is 16.6. The largest absolute Gasteiger partial charge is 0.457 e. The number of hydrogen-bond acceptors (Lipinski definition) is 3. The van der Waals surface area contributed by atoms with E-state index < -0.39 is 0 Å². The van der Waals surface area contributed by atoms with Gasteiger partial charge in [-0.3, -0.25) is 0 Å². The number of hydrogen-bond donors (Lipinski definition) is 0. The Hall–Kier alpha value is -2.13. The topological polar surface area (TPSA) is 35.5 Å². The predicted octanol–water partition coefficient (Wildman–Crippen LogP) is 7.23. The maximum absolute atomic E-state index is 12.2. The zero-order valence-corrected chi connectivity index (χ0v) is 19.0. The molecule has 0 radical (unpaired) electrons. The number of ether oxygens (including phenoxy) is 2. The highest BCUT2D eigenvalue weighted by Crippen LogP contribution is 2.22. The third-order valence-electron chi connectivity index (χ3n) is 5.34. The fraction of sp³-hybridized carbons (Fsp3) is 0.519. The Kier molecular flexibility index (Phi) is 11.2. The SMILES string of the molecule is CCCCCCCCCc1ccc(-c2ccc(C(=O)OC(C)COCC)cc2)cc1. The molecule has 0 amide bonds. The lowest BCUT2D eigenvalue weighted by Crippen LogP contribution is -2.20. The lowest BCUT2D eigenvalue weighted by molar-refractivity contribution is 0.00440. The molecule has 3 nitrogen and oxygen atoms in total. The van der Waals surface area contributed by atoms with E-state index in [4.69, 9.17) is 9.47 Å². The molecule has 0 aliphatic heterocycles. The molecule has 1 unspecified atom stereocenters. The van der Waals surface area contributed by atoms with E-state index in [1.807, 2.05) is 38.1 Å². The van der Waals surface area contributed by atoms with E-state index in [9.17, 15) is 4.79 Å². The van der Waals surface area contributed by atoms with E-state index in [1.165, 1.54) is 56.1 Å². The van der Waals surface area contributed by atoms with Crippen LogP contribution in [0.3, 0.4) is 0 Å². The van der Waals surface area contributed by atoms with Crippen molar-refractivity contribution in [3.8, 4) is 11.1 Å². The van der Waals surface area contributed by atoms with Crippen molar-refractivity contribution in [1.82, 2.24) is 0 Å². The van der Waals surface area contributed by atoms with Crippen LogP contribution in [0.1, 0.15) is 81.6 Å². The maximum atomic E-state index is 12.2. The number of carbonyl (C=O) groups is 1. The summed E-state index contributed by atoms with van der Waals surface area (Å²) < 4.78 is 10.7. The van der Waals surface area contributed by atoms with E-state index in [2.05, 4.69) is 31.2 Å². The Bertz CT molecular complexity index is 719. The van der Waals surface area contributed by atoms with Crippen molar-refractivity contribution in [2.45, 2.75) is 78.2 Å². The van der Waals surface area contributed by atoms with Crippen molar-refractivity contribution in [3.05, 3.63) is 59.7 Å². The average Bonchev–Trinajstić information content (AvgIpc) is 2.77. The molecule has 2 aromatic carbocycles. The quantitative estimate of drug-likeness (QED) is 0.243. The van der Waals surface area contributed by atoms with E-state index in [-0.39, 0.29) is 12.1 Å². The Morgan fingerprint density at radius 2 is 1.37 bits per heavy atom. The molecule has 0 fully saturated rings. The van der Waals surface area contributed by atoms with Crippen molar-refractivity contribution in [1.29, 1.82) is 0 Å².